The number of fused-ring (bicyclic) bond motifs is 1. The van der Waals surface area contributed by atoms with E-state index in [9.17, 15) is 12.8 Å². The van der Waals surface area contributed by atoms with Gasteiger partial charge in [0, 0.05) is 0 Å². The zero-order chi connectivity index (χ0) is 21.5. The van der Waals surface area contributed by atoms with E-state index in [0.717, 1.165) is 35.4 Å². The van der Waals surface area contributed by atoms with Crippen molar-refractivity contribution in [2.75, 3.05) is 10.0 Å². The first kappa shape index (κ1) is 20.7. The first-order valence-electron chi connectivity index (χ1n) is 9.60. The van der Waals surface area contributed by atoms with Crippen molar-refractivity contribution in [1.29, 1.82) is 0 Å². The number of hydrogen-bond acceptors (Lipinski definition) is 3. The molecule has 0 fully saturated rings. The van der Waals surface area contributed by atoms with Crippen molar-refractivity contribution >= 4 is 33.0 Å². The van der Waals surface area contributed by atoms with E-state index in [1.54, 1.807) is 12.1 Å². The number of benzene rings is 3. The average Bonchev–Trinajstić information content (AvgIpc) is 2.69. The van der Waals surface area contributed by atoms with Gasteiger partial charge in [0.2, 0.25) is 0 Å². The molecule has 156 valence electrons. The Morgan fingerprint density at radius 1 is 1.03 bits per heavy atom. The Bertz CT molecular complexity index is 1190. The zero-order valence-electron chi connectivity index (χ0n) is 16.6. The minimum Gasteiger partial charge on any atom is -0.377 e. The third kappa shape index (κ3) is 3.89. The van der Waals surface area contributed by atoms with Gasteiger partial charge in [-0.05, 0) is 59.4 Å². The molecule has 2 N–H and O–H groups in total. The fourth-order valence-corrected chi connectivity index (χ4v) is 5.30. The van der Waals surface area contributed by atoms with Crippen molar-refractivity contribution in [2.24, 2.45) is 0 Å². The minimum atomic E-state index is -3.86. The molecule has 0 radical (unpaired) electrons. The number of hydrogen-bond donors (Lipinski definition) is 2. The van der Waals surface area contributed by atoms with Gasteiger partial charge in [0.15, 0.2) is 0 Å². The van der Waals surface area contributed by atoms with Crippen LogP contribution >= 0.6 is 11.6 Å². The number of halogens is 2. The monoisotopic (exact) mass is 444 g/mol. The molecule has 7 heteroatoms. The van der Waals surface area contributed by atoms with Crippen LogP contribution in [-0.4, -0.2) is 8.42 Å². The summed E-state index contributed by atoms with van der Waals surface area (Å²) in [4.78, 5) is 0.00373. The van der Waals surface area contributed by atoms with Crippen LogP contribution in [0.3, 0.4) is 0 Å². The number of anilines is 2. The maximum atomic E-state index is 13.2. The third-order valence-corrected chi connectivity index (χ3v) is 7.18. The Hall–Kier alpha value is -2.57. The Morgan fingerprint density at radius 2 is 1.73 bits per heavy atom. The smallest absolute Gasteiger partial charge is 0.261 e. The molecule has 4 nitrogen and oxygen atoms in total. The summed E-state index contributed by atoms with van der Waals surface area (Å²) in [6.07, 6.45) is 0.760. The second kappa shape index (κ2) is 7.60. The molecule has 1 heterocycles. The molecule has 0 aliphatic carbocycles. The van der Waals surface area contributed by atoms with Crippen LogP contribution in [0.15, 0.2) is 71.6 Å². The van der Waals surface area contributed by atoms with E-state index in [0.29, 0.717) is 10.7 Å². The minimum absolute atomic E-state index is 0.00373. The average molecular weight is 445 g/mol. The maximum absolute atomic E-state index is 13.2. The Labute approximate surface area is 181 Å². The van der Waals surface area contributed by atoms with Crippen molar-refractivity contribution in [1.82, 2.24) is 0 Å². The lowest BCUT2D eigenvalue weighted by Gasteiger charge is -2.39. The molecule has 1 aliphatic rings. The van der Waals surface area contributed by atoms with Crippen LogP contribution in [0.25, 0.3) is 0 Å². The highest BCUT2D eigenvalue weighted by molar-refractivity contribution is 7.92. The van der Waals surface area contributed by atoms with Gasteiger partial charge in [-0.1, -0.05) is 55.8 Å². The van der Waals surface area contributed by atoms with Crippen LogP contribution in [0.5, 0.6) is 0 Å². The van der Waals surface area contributed by atoms with Crippen molar-refractivity contribution in [3.05, 3.63) is 88.7 Å². The molecule has 0 spiro atoms. The van der Waals surface area contributed by atoms with E-state index in [4.69, 9.17) is 11.6 Å². The van der Waals surface area contributed by atoms with Crippen LogP contribution in [0, 0.1) is 5.82 Å². The van der Waals surface area contributed by atoms with Crippen LogP contribution < -0.4 is 10.0 Å². The molecule has 1 aliphatic heterocycles. The van der Waals surface area contributed by atoms with Gasteiger partial charge in [0.25, 0.3) is 10.0 Å². The molecule has 0 saturated carbocycles. The fourth-order valence-electron chi connectivity index (χ4n) is 3.98. The van der Waals surface area contributed by atoms with Crippen LogP contribution in [0.4, 0.5) is 15.8 Å². The molecule has 1 unspecified atom stereocenters. The maximum Gasteiger partial charge on any atom is 0.261 e. The predicted octanol–water partition coefficient (Wildman–Crippen LogP) is 6.11. The summed E-state index contributed by atoms with van der Waals surface area (Å²) in [7, 11) is -3.86. The molecule has 3 aromatic rings. The summed E-state index contributed by atoms with van der Waals surface area (Å²) in [6, 6.07) is 17.7. The Morgan fingerprint density at radius 3 is 2.47 bits per heavy atom. The molecule has 0 aromatic heterocycles. The lowest BCUT2D eigenvalue weighted by Crippen LogP contribution is -2.32. The van der Waals surface area contributed by atoms with Crippen molar-refractivity contribution < 1.29 is 12.8 Å². The van der Waals surface area contributed by atoms with Gasteiger partial charge in [-0.15, -0.1) is 0 Å². The van der Waals surface area contributed by atoms with Gasteiger partial charge in [0.05, 0.1) is 27.3 Å². The molecule has 1 atom stereocenters. The zero-order valence-corrected chi connectivity index (χ0v) is 18.2. The van der Waals surface area contributed by atoms with E-state index in [1.807, 2.05) is 24.3 Å². The first-order chi connectivity index (χ1) is 14.2. The topological polar surface area (TPSA) is 58.2 Å². The molecule has 0 amide bonds. The number of nitrogens with one attached hydrogen (secondary N) is 2. The standard InChI is InChI=1S/C23H22ClFN2O2S/c1-23(2)14-21(26-22-18(23)7-5-8-19(22)24)17-6-3-4-9-20(17)27-30(28,29)16-12-10-15(25)11-13-16/h3-13,21,26-27H,14H2,1-2H3. The molecular weight excluding hydrogens is 423 g/mol. The third-order valence-electron chi connectivity index (χ3n) is 5.48. The SMILES string of the molecule is CC1(C)CC(c2ccccc2NS(=O)(=O)c2ccc(F)cc2)Nc2c(Cl)cccc21. The molecule has 0 saturated heterocycles. The second-order valence-corrected chi connectivity index (χ2v) is 10.2. The van der Waals surface area contributed by atoms with Gasteiger partial charge in [-0.2, -0.15) is 0 Å². The number of para-hydroxylation sites is 2. The normalized spacial score (nSPS) is 17.7. The summed E-state index contributed by atoms with van der Waals surface area (Å²) in [5.74, 6) is -0.487. The van der Waals surface area contributed by atoms with E-state index in [1.165, 1.54) is 12.1 Å². The van der Waals surface area contributed by atoms with Crippen molar-refractivity contribution in [3.63, 3.8) is 0 Å². The van der Waals surface area contributed by atoms with Gasteiger partial charge >= 0.3 is 0 Å². The highest BCUT2D eigenvalue weighted by Gasteiger charge is 2.35. The second-order valence-electron chi connectivity index (χ2n) is 8.09. The lowest BCUT2D eigenvalue weighted by molar-refractivity contribution is 0.428. The van der Waals surface area contributed by atoms with E-state index in [2.05, 4.69) is 30.0 Å². The summed E-state index contributed by atoms with van der Waals surface area (Å²) in [5, 5.41) is 4.13. The summed E-state index contributed by atoms with van der Waals surface area (Å²) in [6.45, 7) is 4.31. The summed E-state index contributed by atoms with van der Waals surface area (Å²) >= 11 is 6.46. The quantitative estimate of drug-likeness (QED) is 0.510. The van der Waals surface area contributed by atoms with Crippen LogP contribution in [0.2, 0.25) is 5.02 Å². The molecule has 3 aromatic carbocycles. The lowest BCUT2D eigenvalue weighted by atomic mass is 9.74. The first-order valence-corrected chi connectivity index (χ1v) is 11.5. The van der Waals surface area contributed by atoms with Crippen LogP contribution in [0.1, 0.15) is 37.4 Å². The predicted molar refractivity (Wildman–Crippen MR) is 119 cm³/mol. The van der Waals surface area contributed by atoms with E-state index in [-0.39, 0.29) is 16.4 Å². The van der Waals surface area contributed by atoms with Gasteiger partial charge in [-0.25, -0.2) is 12.8 Å². The Kier molecular flexibility index (Phi) is 5.24. The van der Waals surface area contributed by atoms with Gasteiger partial charge in [0.1, 0.15) is 5.82 Å². The highest BCUT2D eigenvalue weighted by Crippen LogP contribution is 2.47. The van der Waals surface area contributed by atoms with Gasteiger partial charge in [-0.3, -0.25) is 4.72 Å². The molecule has 4 rings (SSSR count). The Balaban J connectivity index is 1.71. The number of rotatable bonds is 4. The largest absolute Gasteiger partial charge is 0.377 e. The molecule has 30 heavy (non-hydrogen) atoms. The summed E-state index contributed by atoms with van der Waals surface area (Å²) < 4.78 is 41.6. The molecule has 0 bridgehead atoms. The number of sulfonamides is 1. The van der Waals surface area contributed by atoms with Gasteiger partial charge < -0.3 is 5.32 Å². The van der Waals surface area contributed by atoms with E-state index < -0.39 is 15.8 Å². The molecular formula is C23H22ClFN2O2S. The van der Waals surface area contributed by atoms with Crippen LogP contribution in [-0.2, 0) is 15.4 Å². The fraction of sp³-hybridized carbons (Fsp3) is 0.217. The van der Waals surface area contributed by atoms with Crippen molar-refractivity contribution in [3.8, 4) is 0 Å². The van der Waals surface area contributed by atoms with Crippen molar-refractivity contribution in [2.45, 2.75) is 36.6 Å². The summed E-state index contributed by atoms with van der Waals surface area (Å²) in [5.41, 5.74) is 3.15. The highest BCUT2D eigenvalue weighted by atomic mass is 35.5. The van der Waals surface area contributed by atoms with E-state index >= 15 is 0 Å².